The van der Waals surface area contributed by atoms with E-state index < -0.39 is 28.1 Å². The van der Waals surface area contributed by atoms with Gasteiger partial charge in [0.25, 0.3) is 10.0 Å². The van der Waals surface area contributed by atoms with Gasteiger partial charge in [-0.2, -0.15) is 13.2 Å². The summed E-state index contributed by atoms with van der Waals surface area (Å²) < 4.78 is 65.1. The maximum absolute atomic E-state index is 12.9. The minimum atomic E-state index is -5.08. The van der Waals surface area contributed by atoms with Gasteiger partial charge in [-0.1, -0.05) is 41.9 Å². The predicted octanol–water partition coefficient (Wildman–Crippen LogP) is 5.51. The molecule has 3 aromatic carbocycles. The Kier molecular flexibility index (Phi) is 10.6. The summed E-state index contributed by atoms with van der Waals surface area (Å²) >= 11 is 5.96. The molecule has 0 aromatic heterocycles. The Morgan fingerprint density at radius 3 is 2.15 bits per heavy atom. The molecule has 0 heterocycles. The number of aromatic carboxylic acids is 1. The van der Waals surface area contributed by atoms with Gasteiger partial charge in [-0.3, -0.25) is 4.72 Å². The molecule has 3 rings (SSSR count). The summed E-state index contributed by atoms with van der Waals surface area (Å²) in [6.07, 6.45) is -5.08. The van der Waals surface area contributed by atoms with Crippen molar-refractivity contribution in [2.45, 2.75) is 24.5 Å². The van der Waals surface area contributed by atoms with Crippen LogP contribution in [0.2, 0.25) is 5.02 Å². The molecular formula is C25H24ClF3N2O7S. The first-order chi connectivity index (χ1) is 18.2. The zero-order chi connectivity index (χ0) is 29.4. The maximum atomic E-state index is 12.9. The fourth-order valence-electron chi connectivity index (χ4n) is 3.29. The maximum Gasteiger partial charge on any atom is 0.490 e. The Balaban J connectivity index is 0.000000673. The third kappa shape index (κ3) is 8.79. The molecule has 0 radical (unpaired) electrons. The largest absolute Gasteiger partial charge is 0.495 e. The molecular weight excluding hydrogens is 565 g/mol. The zero-order valence-corrected chi connectivity index (χ0v) is 22.1. The van der Waals surface area contributed by atoms with E-state index in [0.717, 1.165) is 5.56 Å². The quantitative estimate of drug-likeness (QED) is 0.298. The van der Waals surface area contributed by atoms with Gasteiger partial charge >= 0.3 is 18.1 Å². The molecule has 0 unspecified atom stereocenters. The normalized spacial score (nSPS) is 11.1. The van der Waals surface area contributed by atoms with Crippen molar-refractivity contribution in [3.8, 4) is 5.75 Å². The number of methoxy groups -OCH3 is 1. The Hall–Kier alpha value is -3.97. The van der Waals surface area contributed by atoms with Gasteiger partial charge in [-0.25, -0.2) is 18.0 Å². The minimum absolute atomic E-state index is 0.0129. The second-order valence-corrected chi connectivity index (χ2v) is 9.83. The molecule has 14 heteroatoms. The van der Waals surface area contributed by atoms with Gasteiger partial charge < -0.3 is 19.8 Å². The summed E-state index contributed by atoms with van der Waals surface area (Å²) in [5, 5.41) is 17.1. The van der Waals surface area contributed by atoms with Crippen LogP contribution in [0.15, 0.2) is 71.6 Å². The molecule has 210 valence electrons. The van der Waals surface area contributed by atoms with Gasteiger partial charge in [0.1, 0.15) is 10.6 Å². The number of hydrogen-bond acceptors (Lipinski definition) is 6. The van der Waals surface area contributed by atoms with Crippen LogP contribution in [0.1, 0.15) is 22.8 Å². The fraction of sp³-hybridized carbons (Fsp3) is 0.200. The molecule has 0 spiro atoms. The number of alkyl halides is 3. The number of nitrogens with one attached hydrogen (secondary N) is 1. The number of carboxylic acids is 2. The molecule has 0 fully saturated rings. The van der Waals surface area contributed by atoms with Crippen LogP contribution in [-0.4, -0.2) is 50.4 Å². The van der Waals surface area contributed by atoms with E-state index in [-0.39, 0.29) is 26.9 Å². The number of ether oxygens (including phenoxy) is 1. The first-order valence-electron chi connectivity index (χ1n) is 11.0. The van der Waals surface area contributed by atoms with Crippen molar-refractivity contribution in [1.29, 1.82) is 0 Å². The lowest BCUT2D eigenvalue weighted by molar-refractivity contribution is -0.192. The van der Waals surface area contributed by atoms with Crippen molar-refractivity contribution < 1.29 is 46.1 Å². The van der Waals surface area contributed by atoms with Crippen LogP contribution < -0.4 is 14.4 Å². The van der Waals surface area contributed by atoms with Crippen molar-refractivity contribution in [2.24, 2.45) is 0 Å². The van der Waals surface area contributed by atoms with Crippen molar-refractivity contribution in [3.63, 3.8) is 0 Å². The Bertz CT molecular complexity index is 1420. The van der Waals surface area contributed by atoms with Crippen LogP contribution in [0, 0.1) is 0 Å². The summed E-state index contributed by atoms with van der Waals surface area (Å²) in [6, 6.07) is 18.4. The average Bonchev–Trinajstić information content (AvgIpc) is 2.87. The van der Waals surface area contributed by atoms with Crippen LogP contribution in [-0.2, 0) is 21.4 Å². The van der Waals surface area contributed by atoms with E-state index >= 15 is 0 Å². The van der Waals surface area contributed by atoms with Gasteiger partial charge in [0, 0.05) is 23.8 Å². The van der Waals surface area contributed by atoms with Crippen molar-refractivity contribution in [2.75, 3.05) is 23.3 Å². The molecule has 0 bridgehead atoms. The lowest BCUT2D eigenvalue weighted by Crippen LogP contribution is -2.24. The molecule has 9 nitrogen and oxygen atoms in total. The average molecular weight is 589 g/mol. The number of hydrogen-bond donors (Lipinski definition) is 3. The van der Waals surface area contributed by atoms with Gasteiger partial charge in [0.05, 0.1) is 18.4 Å². The molecule has 0 aliphatic rings. The number of benzene rings is 3. The number of nitrogens with zero attached hydrogens (tertiary/aromatic N) is 1. The summed E-state index contributed by atoms with van der Waals surface area (Å²) in [4.78, 5) is 22.7. The highest BCUT2D eigenvalue weighted by Crippen LogP contribution is 2.31. The number of carboxylic acid groups (broad SMARTS) is 2. The highest BCUT2D eigenvalue weighted by atomic mass is 35.5. The van der Waals surface area contributed by atoms with Crippen LogP contribution in [0.5, 0.6) is 5.75 Å². The van der Waals surface area contributed by atoms with Crippen molar-refractivity contribution >= 4 is 44.9 Å². The summed E-state index contributed by atoms with van der Waals surface area (Å²) in [5.74, 6) is -3.79. The van der Waals surface area contributed by atoms with E-state index in [1.807, 2.05) is 42.2 Å². The van der Waals surface area contributed by atoms with E-state index in [0.29, 0.717) is 18.8 Å². The summed E-state index contributed by atoms with van der Waals surface area (Å²) in [7, 11) is -2.72. The van der Waals surface area contributed by atoms with Gasteiger partial charge in [-0.05, 0) is 48.9 Å². The summed E-state index contributed by atoms with van der Waals surface area (Å²) in [6.45, 7) is 3.01. The highest BCUT2D eigenvalue weighted by molar-refractivity contribution is 7.92. The lowest BCUT2D eigenvalue weighted by atomic mass is 10.1. The van der Waals surface area contributed by atoms with Gasteiger partial charge in [0.2, 0.25) is 0 Å². The molecule has 39 heavy (non-hydrogen) atoms. The van der Waals surface area contributed by atoms with E-state index in [1.54, 1.807) is 6.07 Å². The Morgan fingerprint density at radius 2 is 1.64 bits per heavy atom. The molecule has 3 aromatic rings. The monoisotopic (exact) mass is 588 g/mol. The first-order valence-corrected chi connectivity index (χ1v) is 12.9. The highest BCUT2D eigenvalue weighted by Gasteiger charge is 2.38. The SMILES string of the molecule is CCN(Cc1ccccc1)c1ccc(NS(=O)(=O)c2cc(Cl)ccc2OC)cc1C(=O)O.O=C(O)C(F)(F)F. The van der Waals surface area contributed by atoms with Crippen LogP contribution >= 0.6 is 11.6 Å². The lowest BCUT2D eigenvalue weighted by Gasteiger charge is -2.25. The third-order valence-electron chi connectivity index (χ3n) is 5.08. The zero-order valence-electron chi connectivity index (χ0n) is 20.6. The Labute approximate surface area is 227 Å². The van der Waals surface area contributed by atoms with E-state index in [4.69, 9.17) is 26.2 Å². The molecule has 0 saturated heterocycles. The standard InChI is InChI=1S/C23H23ClN2O5S.C2HF3O2/c1-3-26(15-16-7-5-4-6-8-16)20-11-10-18(14-19(20)23(27)28)25-32(29,30)22-13-17(24)9-12-21(22)31-2;3-2(4,5)1(6)7/h4-14,25H,3,15H2,1-2H3,(H,27,28);(H,6,7). The topological polar surface area (TPSA) is 133 Å². The number of anilines is 2. The molecule has 0 saturated carbocycles. The van der Waals surface area contributed by atoms with E-state index in [9.17, 15) is 31.5 Å². The van der Waals surface area contributed by atoms with E-state index in [2.05, 4.69) is 4.72 Å². The van der Waals surface area contributed by atoms with E-state index in [1.165, 1.54) is 37.4 Å². The second kappa shape index (κ2) is 13.2. The van der Waals surface area contributed by atoms with Crippen LogP contribution in [0.3, 0.4) is 0 Å². The molecule has 3 N–H and O–H groups in total. The first kappa shape index (κ1) is 31.2. The number of rotatable bonds is 9. The smallest absolute Gasteiger partial charge is 0.490 e. The second-order valence-electron chi connectivity index (χ2n) is 7.74. The number of carbonyl (C=O) groups is 2. The third-order valence-corrected chi connectivity index (χ3v) is 6.71. The number of sulfonamides is 1. The predicted molar refractivity (Wildman–Crippen MR) is 139 cm³/mol. The van der Waals surface area contributed by atoms with Gasteiger partial charge in [-0.15, -0.1) is 0 Å². The van der Waals surface area contributed by atoms with Crippen LogP contribution in [0.4, 0.5) is 24.5 Å². The van der Waals surface area contributed by atoms with Crippen molar-refractivity contribution in [3.05, 3.63) is 82.9 Å². The minimum Gasteiger partial charge on any atom is -0.495 e. The fourth-order valence-corrected chi connectivity index (χ4v) is 4.77. The Morgan fingerprint density at radius 1 is 1.03 bits per heavy atom. The number of halogens is 4. The number of aliphatic carboxylic acids is 1. The van der Waals surface area contributed by atoms with Gasteiger partial charge in [0.15, 0.2) is 0 Å². The molecule has 0 aliphatic heterocycles. The van der Waals surface area contributed by atoms with Crippen LogP contribution in [0.25, 0.3) is 0 Å². The summed E-state index contributed by atoms with van der Waals surface area (Å²) in [5.41, 5.74) is 1.63. The molecule has 0 amide bonds. The van der Waals surface area contributed by atoms with Crippen molar-refractivity contribution in [1.82, 2.24) is 0 Å². The molecule has 0 atom stereocenters. The molecule has 0 aliphatic carbocycles.